The maximum Gasteiger partial charge on any atom is 0.235 e. The molecule has 0 atom stereocenters. The fourth-order valence-electron chi connectivity index (χ4n) is 7.58. The molecule has 0 saturated heterocycles. The van der Waals surface area contributed by atoms with Crippen LogP contribution in [0.3, 0.4) is 0 Å². The fraction of sp³-hybridized carbons (Fsp3) is 0.0455. The summed E-state index contributed by atoms with van der Waals surface area (Å²) in [6.07, 6.45) is 4.29. The van der Waals surface area contributed by atoms with Crippen molar-refractivity contribution in [3.8, 4) is 28.5 Å². The van der Waals surface area contributed by atoms with Crippen molar-refractivity contribution in [3.63, 3.8) is 0 Å². The lowest BCUT2D eigenvalue weighted by molar-refractivity contribution is 0.856. The van der Waals surface area contributed by atoms with Crippen molar-refractivity contribution in [2.75, 3.05) is 0 Å². The highest BCUT2D eigenvalue weighted by atomic mass is 32.1. The Morgan fingerprint density at radius 2 is 1.06 bits per heavy atom. The van der Waals surface area contributed by atoms with Crippen molar-refractivity contribution in [3.05, 3.63) is 162 Å². The topological polar surface area (TPSA) is 30.7 Å². The van der Waals surface area contributed by atoms with Crippen LogP contribution >= 0.6 is 11.3 Å². The lowest BCUT2D eigenvalue weighted by Gasteiger charge is -2.18. The van der Waals surface area contributed by atoms with Crippen molar-refractivity contribution in [2.45, 2.75) is 12.8 Å². The van der Waals surface area contributed by atoms with Crippen LogP contribution in [0.2, 0.25) is 0 Å². The summed E-state index contributed by atoms with van der Waals surface area (Å²) in [6.45, 7) is 0. The predicted molar refractivity (Wildman–Crippen MR) is 203 cm³/mol. The van der Waals surface area contributed by atoms with Gasteiger partial charge in [-0.1, -0.05) is 133 Å². The second-order valence-electron chi connectivity index (χ2n) is 12.5. The molecule has 9 aromatic rings. The second-order valence-corrected chi connectivity index (χ2v) is 13.5. The molecule has 3 aromatic heterocycles. The number of benzene rings is 6. The molecule has 1 aliphatic rings. The Bertz CT molecular complexity index is 2640. The van der Waals surface area contributed by atoms with Crippen molar-refractivity contribution in [1.82, 2.24) is 14.5 Å². The van der Waals surface area contributed by atoms with E-state index in [4.69, 9.17) is 9.97 Å². The van der Waals surface area contributed by atoms with Crippen LogP contribution in [-0.4, -0.2) is 14.5 Å². The first kappa shape index (κ1) is 27.3. The van der Waals surface area contributed by atoms with Crippen LogP contribution in [0.15, 0.2) is 146 Å². The van der Waals surface area contributed by atoms with Gasteiger partial charge < -0.3 is 0 Å². The zero-order valence-corrected chi connectivity index (χ0v) is 26.9. The quantitative estimate of drug-likeness (QED) is 0.193. The van der Waals surface area contributed by atoms with Crippen molar-refractivity contribution in [2.24, 2.45) is 0 Å². The Kier molecular flexibility index (Phi) is 6.18. The number of hydrogen-bond acceptors (Lipinski definition) is 3. The molecule has 4 heteroatoms. The monoisotopic (exact) mass is 631 g/mol. The number of rotatable bonds is 4. The normalized spacial score (nSPS) is 13.0. The molecule has 48 heavy (non-hydrogen) atoms. The van der Waals surface area contributed by atoms with Crippen LogP contribution in [0.5, 0.6) is 0 Å². The van der Waals surface area contributed by atoms with E-state index in [1.54, 1.807) is 0 Å². The minimum Gasteiger partial charge on any atom is -0.280 e. The summed E-state index contributed by atoms with van der Waals surface area (Å²) in [6, 6.07) is 51.7. The third-order valence-electron chi connectivity index (χ3n) is 9.73. The van der Waals surface area contributed by atoms with Crippen LogP contribution in [-0.2, 0) is 6.42 Å². The lowest BCUT2D eigenvalue weighted by Crippen LogP contribution is -2.09. The fourth-order valence-corrected chi connectivity index (χ4v) is 8.83. The van der Waals surface area contributed by atoms with Gasteiger partial charge in [-0.15, -0.1) is 11.3 Å². The summed E-state index contributed by atoms with van der Waals surface area (Å²) in [7, 11) is 0. The van der Waals surface area contributed by atoms with E-state index in [-0.39, 0.29) is 0 Å². The van der Waals surface area contributed by atoms with E-state index in [0.717, 1.165) is 35.4 Å². The van der Waals surface area contributed by atoms with E-state index < -0.39 is 0 Å². The van der Waals surface area contributed by atoms with E-state index in [9.17, 15) is 0 Å². The Balaban J connectivity index is 1.38. The molecule has 3 nitrogen and oxygen atoms in total. The second kappa shape index (κ2) is 10.9. The van der Waals surface area contributed by atoms with Gasteiger partial charge >= 0.3 is 0 Å². The summed E-state index contributed by atoms with van der Waals surface area (Å²) >= 11 is 1.88. The molecule has 1 aliphatic carbocycles. The minimum absolute atomic E-state index is 0.715. The van der Waals surface area contributed by atoms with Crippen LogP contribution in [0.4, 0.5) is 0 Å². The molecule has 226 valence electrons. The highest BCUT2D eigenvalue weighted by Gasteiger charge is 2.28. The average Bonchev–Trinajstić information content (AvgIpc) is 3.72. The highest BCUT2D eigenvalue weighted by Crippen LogP contribution is 2.49. The van der Waals surface area contributed by atoms with Gasteiger partial charge in [0.2, 0.25) is 5.95 Å². The van der Waals surface area contributed by atoms with Gasteiger partial charge in [0.05, 0.1) is 21.6 Å². The van der Waals surface area contributed by atoms with Crippen LogP contribution in [0.1, 0.15) is 23.2 Å². The van der Waals surface area contributed by atoms with E-state index in [2.05, 4.69) is 156 Å². The van der Waals surface area contributed by atoms with Gasteiger partial charge in [0.1, 0.15) is 0 Å². The van der Waals surface area contributed by atoms with E-state index >= 15 is 0 Å². The number of aromatic nitrogens is 3. The molecule has 0 aliphatic heterocycles. The van der Waals surface area contributed by atoms with Crippen LogP contribution < -0.4 is 0 Å². The molecule has 0 fully saturated rings. The zero-order valence-electron chi connectivity index (χ0n) is 26.1. The lowest BCUT2D eigenvalue weighted by atomic mass is 9.90. The van der Waals surface area contributed by atoms with E-state index in [1.807, 2.05) is 11.3 Å². The maximum absolute atomic E-state index is 5.38. The molecule has 0 N–H and O–H groups in total. The van der Waals surface area contributed by atoms with E-state index in [0.29, 0.717) is 5.95 Å². The molecule has 0 saturated carbocycles. The molecule has 6 aromatic carbocycles. The first-order chi connectivity index (χ1) is 23.8. The van der Waals surface area contributed by atoms with Gasteiger partial charge in [0.25, 0.3) is 0 Å². The number of allylic oxidation sites excluding steroid dienone is 1. The number of nitrogens with zero attached hydrogens (tertiary/aromatic N) is 3. The van der Waals surface area contributed by atoms with Gasteiger partial charge in [-0.2, -0.15) is 0 Å². The molecule has 10 rings (SSSR count). The third kappa shape index (κ3) is 4.20. The van der Waals surface area contributed by atoms with Gasteiger partial charge in [0.15, 0.2) is 0 Å². The number of thiophene rings is 1. The smallest absolute Gasteiger partial charge is 0.235 e. The predicted octanol–water partition coefficient (Wildman–Crippen LogP) is 11.8. The first-order valence-corrected chi connectivity index (χ1v) is 17.3. The molecular formula is C44H29N3S. The van der Waals surface area contributed by atoms with Gasteiger partial charge in [-0.3, -0.25) is 4.57 Å². The molecule has 0 unspecified atom stereocenters. The van der Waals surface area contributed by atoms with Gasteiger partial charge in [-0.05, 0) is 53.0 Å². The molecule has 0 bridgehead atoms. The standard InChI is InChI=1S/C44H29N3S/c1-4-14-28(15-5-1)31-24-25-38-35(26-31)40-32-20-10-11-21-33(32)41-34-22-12-13-23-39(34)48-43(41)42(40)47(38)44-45-36(29-16-6-2-7-17-29)27-37(46-44)30-18-8-3-9-19-30/h1-23,26-27H,24-25H2. The van der Waals surface area contributed by atoms with Crippen molar-refractivity contribution < 1.29 is 0 Å². The van der Waals surface area contributed by atoms with Crippen molar-refractivity contribution >= 4 is 64.8 Å². The Labute approximate surface area is 282 Å². The summed E-state index contributed by atoms with van der Waals surface area (Å²) in [4.78, 5) is 10.8. The Morgan fingerprint density at radius 1 is 0.521 bits per heavy atom. The van der Waals surface area contributed by atoms with Crippen molar-refractivity contribution in [1.29, 1.82) is 0 Å². The van der Waals surface area contributed by atoms with Gasteiger partial charge in [-0.25, -0.2) is 9.97 Å². The third-order valence-corrected chi connectivity index (χ3v) is 10.9. The van der Waals surface area contributed by atoms with Crippen LogP contribution in [0, 0.1) is 0 Å². The molecular weight excluding hydrogens is 603 g/mol. The average molecular weight is 632 g/mol. The minimum atomic E-state index is 0.715. The summed E-state index contributed by atoms with van der Waals surface area (Å²) in [5.41, 5.74) is 10.4. The first-order valence-electron chi connectivity index (χ1n) is 16.5. The van der Waals surface area contributed by atoms with E-state index in [1.165, 1.54) is 64.2 Å². The zero-order chi connectivity index (χ0) is 31.6. The highest BCUT2D eigenvalue weighted by molar-refractivity contribution is 7.27. The molecule has 0 spiro atoms. The molecule has 0 radical (unpaired) electrons. The maximum atomic E-state index is 5.38. The number of hydrogen-bond donors (Lipinski definition) is 0. The summed E-state index contributed by atoms with van der Waals surface area (Å²) in [5, 5.41) is 6.45. The molecule has 0 amide bonds. The largest absolute Gasteiger partial charge is 0.280 e. The Morgan fingerprint density at radius 3 is 1.71 bits per heavy atom. The Hall–Kier alpha value is -5.84. The van der Waals surface area contributed by atoms with Crippen LogP contribution in [0.25, 0.3) is 82.0 Å². The summed E-state index contributed by atoms with van der Waals surface area (Å²) < 4.78 is 4.98. The SMILES string of the molecule is C1=C(c2ccccc2)CCc2c1c1c3ccccc3c3c4ccccc4sc3c1n2-c1nc(-c2ccccc2)cc(-c2ccccc2)n1. The summed E-state index contributed by atoms with van der Waals surface area (Å²) in [5.74, 6) is 0.715. The molecule has 3 heterocycles. The van der Waals surface area contributed by atoms with Gasteiger partial charge in [0, 0.05) is 43.2 Å². The number of fused-ring (bicyclic) bond motifs is 10.